The van der Waals surface area contributed by atoms with Gasteiger partial charge in [-0.25, -0.2) is 0 Å². The molecule has 2 N–H and O–H groups in total. The Hall–Kier alpha value is -0.581. The third-order valence-corrected chi connectivity index (χ3v) is 0.962. The summed E-state index contributed by atoms with van der Waals surface area (Å²) in [5, 5.41) is 19.6. The van der Waals surface area contributed by atoms with E-state index < -0.39 is 18.0 Å². The Bertz CT molecular complexity index is 149. The fourth-order valence-electron chi connectivity index (χ4n) is 0.391. The van der Waals surface area contributed by atoms with E-state index in [9.17, 15) is 19.8 Å². The molecule has 0 amide bonds. The van der Waals surface area contributed by atoms with Crippen molar-refractivity contribution in [1.82, 2.24) is 0 Å². The predicted molar refractivity (Wildman–Crippen MR) is 27.2 cm³/mol. The first-order valence-electron chi connectivity index (χ1n) is 2.70. The first-order chi connectivity index (χ1) is 4.54. The second-order valence-electron chi connectivity index (χ2n) is 1.84. The van der Waals surface area contributed by atoms with E-state index in [1.165, 1.54) is 0 Å². The van der Waals surface area contributed by atoms with Gasteiger partial charge < -0.3 is 25.5 Å². The maximum absolute atomic E-state index is 9.86. The molecular formula is C5H7MnNO4. The summed E-state index contributed by atoms with van der Waals surface area (Å²) in [5.41, 5.74) is 4.91. The minimum atomic E-state index is -1.44. The molecule has 1 atom stereocenters. The Kier molecular flexibility index (Phi) is 7.29. The topological polar surface area (TPSA) is 106 Å². The van der Waals surface area contributed by atoms with Gasteiger partial charge in [0.2, 0.25) is 0 Å². The summed E-state index contributed by atoms with van der Waals surface area (Å²) >= 11 is 0. The summed E-state index contributed by atoms with van der Waals surface area (Å²) in [6.45, 7) is 0. The zero-order valence-corrected chi connectivity index (χ0v) is 6.76. The van der Waals surface area contributed by atoms with E-state index in [1.54, 1.807) is 0 Å². The zero-order chi connectivity index (χ0) is 8.15. The van der Waals surface area contributed by atoms with Gasteiger partial charge in [0, 0.05) is 12.0 Å². The SMILES string of the molecule is NC(CCC(=O)[O-])C(=O)[O-].[Mn+2]. The Morgan fingerprint density at radius 1 is 1.36 bits per heavy atom. The van der Waals surface area contributed by atoms with Crippen molar-refractivity contribution in [2.24, 2.45) is 5.73 Å². The van der Waals surface area contributed by atoms with E-state index in [0.29, 0.717) is 0 Å². The average Bonchev–Trinajstić information content (AvgIpc) is 1.82. The number of carboxylic acids is 2. The van der Waals surface area contributed by atoms with Crippen LogP contribution in [0.15, 0.2) is 0 Å². The minimum absolute atomic E-state index is 0. The second-order valence-corrected chi connectivity index (χ2v) is 1.84. The van der Waals surface area contributed by atoms with Gasteiger partial charge in [-0.2, -0.15) is 0 Å². The third-order valence-electron chi connectivity index (χ3n) is 0.962. The van der Waals surface area contributed by atoms with Gasteiger partial charge in [0.05, 0.1) is 5.97 Å². The molecule has 0 saturated heterocycles. The van der Waals surface area contributed by atoms with Crippen LogP contribution < -0.4 is 15.9 Å². The van der Waals surface area contributed by atoms with E-state index in [2.05, 4.69) is 0 Å². The number of carbonyl (C=O) groups excluding carboxylic acids is 2. The first kappa shape index (κ1) is 13.0. The van der Waals surface area contributed by atoms with Crippen molar-refractivity contribution in [1.29, 1.82) is 0 Å². The van der Waals surface area contributed by atoms with E-state index in [-0.39, 0.29) is 29.9 Å². The predicted octanol–water partition coefficient (Wildman–Crippen LogP) is -3.41. The minimum Gasteiger partial charge on any atom is -0.550 e. The molecular weight excluding hydrogens is 193 g/mol. The normalized spacial score (nSPS) is 11.4. The van der Waals surface area contributed by atoms with Gasteiger partial charge >= 0.3 is 17.1 Å². The Morgan fingerprint density at radius 2 is 1.82 bits per heavy atom. The molecule has 1 unspecified atom stereocenters. The quantitative estimate of drug-likeness (QED) is 0.476. The summed E-state index contributed by atoms with van der Waals surface area (Å²) in [4.78, 5) is 19.6. The standard InChI is InChI=1S/C5H9NO4.Mn/c6-3(5(9)10)1-2-4(7)8;/h3H,1-2,6H2,(H,7,8)(H,9,10);/q;+2/p-2. The van der Waals surface area contributed by atoms with Crippen LogP contribution in [0.3, 0.4) is 0 Å². The monoisotopic (exact) mass is 200 g/mol. The van der Waals surface area contributed by atoms with Crippen molar-refractivity contribution in [3.63, 3.8) is 0 Å². The van der Waals surface area contributed by atoms with Crippen molar-refractivity contribution >= 4 is 11.9 Å². The van der Waals surface area contributed by atoms with Crippen molar-refractivity contribution in [3.8, 4) is 0 Å². The molecule has 0 spiro atoms. The van der Waals surface area contributed by atoms with Crippen LogP contribution in [-0.2, 0) is 26.7 Å². The smallest absolute Gasteiger partial charge is 0.550 e. The number of carboxylic acid groups (broad SMARTS) is 2. The third kappa shape index (κ3) is 7.31. The average molecular weight is 200 g/mol. The summed E-state index contributed by atoms with van der Waals surface area (Å²) in [6, 6.07) is -1.21. The Balaban J connectivity index is 0. The van der Waals surface area contributed by atoms with Crippen LogP contribution >= 0.6 is 0 Å². The second kappa shape index (κ2) is 6.15. The maximum Gasteiger partial charge on any atom is 2.00 e. The van der Waals surface area contributed by atoms with Crippen LogP contribution in [0.2, 0.25) is 0 Å². The molecule has 0 aromatic rings. The van der Waals surface area contributed by atoms with Crippen LogP contribution in [0.5, 0.6) is 0 Å². The maximum atomic E-state index is 9.86. The first-order valence-corrected chi connectivity index (χ1v) is 2.70. The number of nitrogens with two attached hydrogens (primary N) is 1. The van der Waals surface area contributed by atoms with Gasteiger partial charge in [-0.1, -0.05) is 0 Å². The van der Waals surface area contributed by atoms with Crippen LogP contribution in [0.1, 0.15) is 12.8 Å². The van der Waals surface area contributed by atoms with E-state index in [0.717, 1.165) is 0 Å². The molecule has 0 aromatic carbocycles. The summed E-state index contributed by atoms with van der Waals surface area (Å²) in [6.07, 6.45) is -0.500. The molecule has 0 rings (SSSR count). The molecule has 0 aliphatic heterocycles. The van der Waals surface area contributed by atoms with Gasteiger partial charge in [-0.15, -0.1) is 0 Å². The Morgan fingerprint density at radius 3 is 2.09 bits per heavy atom. The molecule has 0 fully saturated rings. The number of aliphatic carboxylic acids is 2. The fraction of sp³-hybridized carbons (Fsp3) is 0.600. The molecule has 6 heteroatoms. The number of carbonyl (C=O) groups is 2. The molecule has 1 radical (unpaired) electrons. The van der Waals surface area contributed by atoms with E-state index in [1.807, 2.05) is 0 Å². The molecule has 0 aromatic heterocycles. The Labute approximate surface area is 74.0 Å². The van der Waals surface area contributed by atoms with Gasteiger partial charge in [0.1, 0.15) is 0 Å². The molecule has 63 valence electrons. The van der Waals surface area contributed by atoms with Crippen molar-refractivity contribution in [3.05, 3.63) is 0 Å². The molecule has 5 nitrogen and oxygen atoms in total. The van der Waals surface area contributed by atoms with Gasteiger partial charge in [0.15, 0.2) is 0 Å². The number of rotatable bonds is 4. The molecule has 0 aliphatic carbocycles. The van der Waals surface area contributed by atoms with Crippen LogP contribution in [0, 0.1) is 0 Å². The van der Waals surface area contributed by atoms with Gasteiger partial charge in [-0.05, 0) is 12.8 Å². The molecule has 0 aliphatic rings. The number of hydrogen-bond acceptors (Lipinski definition) is 5. The van der Waals surface area contributed by atoms with Gasteiger partial charge in [0.25, 0.3) is 0 Å². The van der Waals surface area contributed by atoms with Crippen molar-refractivity contribution < 1.29 is 36.9 Å². The van der Waals surface area contributed by atoms with Crippen LogP contribution in [0.25, 0.3) is 0 Å². The van der Waals surface area contributed by atoms with E-state index >= 15 is 0 Å². The molecule has 0 heterocycles. The zero-order valence-electron chi connectivity index (χ0n) is 5.58. The van der Waals surface area contributed by atoms with E-state index in [4.69, 9.17) is 5.73 Å². The van der Waals surface area contributed by atoms with Crippen LogP contribution in [-0.4, -0.2) is 18.0 Å². The largest absolute Gasteiger partial charge is 2.00 e. The summed E-state index contributed by atoms with van der Waals surface area (Å²) in [5.74, 6) is -2.75. The number of hydrogen-bond donors (Lipinski definition) is 1. The molecule has 11 heavy (non-hydrogen) atoms. The summed E-state index contributed by atoms with van der Waals surface area (Å²) in [7, 11) is 0. The van der Waals surface area contributed by atoms with Crippen molar-refractivity contribution in [2.45, 2.75) is 18.9 Å². The summed E-state index contributed by atoms with van der Waals surface area (Å²) < 4.78 is 0. The van der Waals surface area contributed by atoms with Crippen molar-refractivity contribution in [2.75, 3.05) is 0 Å². The van der Waals surface area contributed by atoms with Crippen LogP contribution in [0.4, 0.5) is 0 Å². The van der Waals surface area contributed by atoms with Gasteiger partial charge in [-0.3, -0.25) is 0 Å². The molecule has 0 saturated carbocycles. The molecule has 0 bridgehead atoms. The fourth-order valence-corrected chi connectivity index (χ4v) is 0.391.